The summed E-state index contributed by atoms with van der Waals surface area (Å²) >= 11 is 0. The number of aliphatic imine (C=N–C) groups is 1. The summed E-state index contributed by atoms with van der Waals surface area (Å²) in [5, 5.41) is 0. The summed E-state index contributed by atoms with van der Waals surface area (Å²) in [6.45, 7) is 7.66. The third-order valence-corrected chi connectivity index (χ3v) is 4.63. The summed E-state index contributed by atoms with van der Waals surface area (Å²) in [6, 6.07) is 11.2. The first-order valence-corrected chi connectivity index (χ1v) is 8.55. The molecule has 3 rings (SSSR count). The van der Waals surface area contributed by atoms with Gasteiger partial charge in [0.15, 0.2) is 5.96 Å². The number of benzene rings is 1. The van der Waals surface area contributed by atoms with Crippen LogP contribution in [-0.2, 0) is 11.3 Å². The van der Waals surface area contributed by atoms with Crippen molar-refractivity contribution in [2.45, 2.75) is 25.6 Å². The Labute approximate surface area is 162 Å². The Kier molecular flexibility index (Phi) is 7.31. The first-order valence-electron chi connectivity index (χ1n) is 8.55. The van der Waals surface area contributed by atoms with Crippen molar-refractivity contribution in [3.63, 3.8) is 0 Å². The van der Waals surface area contributed by atoms with Gasteiger partial charge in [-0.3, -0.25) is 9.89 Å². The van der Waals surface area contributed by atoms with Crippen LogP contribution in [0.5, 0.6) is 0 Å². The topological polar surface area (TPSA) is 31.3 Å². The van der Waals surface area contributed by atoms with E-state index >= 15 is 0 Å². The number of likely N-dealkylation sites (tertiary alicyclic amines) is 1. The maximum Gasteiger partial charge on any atom is 0.196 e. The van der Waals surface area contributed by atoms with Gasteiger partial charge in [0, 0.05) is 46.8 Å². The van der Waals surface area contributed by atoms with Crippen LogP contribution in [-0.4, -0.2) is 79.7 Å². The third kappa shape index (κ3) is 4.40. The van der Waals surface area contributed by atoms with Crippen molar-refractivity contribution in [3.8, 4) is 0 Å². The van der Waals surface area contributed by atoms with Crippen molar-refractivity contribution >= 4 is 29.9 Å². The lowest BCUT2D eigenvalue weighted by molar-refractivity contribution is -0.0502. The highest BCUT2D eigenvalue weighted by molar-refractivity contribution is 14.0. The van der Waals surface area contributed by atoms with E-state index in [0.29, 0.717) is 6.04 Å². The van der Waals surface area contributed by atoms with Gasteiger partial charge in [-0.2, -0.15) is 0 Å². The molecule has 1 aromatic rings. The van der Waals surface area contributed by atoms with E-state index in [1.165, 1.54) is 5.56 Å². The standard InChI is InChI=1S/C18H28N4O.HI/c1-4-19-18(20(2)3)22-13-16-17(14-22)23-11-10-21(16)12-15-8-6-5-7-9-15;/h5-9,16-17H,4,10-14H2,1-3H3;1H. The van der Waals surface area contributed by atoms with Crippen LogP contribution in [0.2, 0.25) is 0 Å². The summed E-state index contributed by atoms with van der Waals surface area (Å²) in [5.41, 5.74) is 1.38. The molecule has 2 aliphatic rings. The predicted octanol–water partition coefficient (Wildman–Crippen LogP) is 2.13. The summed E-state index contributed by atoms with van der Waals surface area (Å²) in [5.74, 6) is 1.07. The number of fused-ring (bicyclic) bond motifs is 1. The second kappa shape index (κ2) is 9.01. The number of hydrogen-bond acceptors (Lipinski definition) is 3. The monoisotopic (exact) mass is 444 g/mol. The van der Waals surface area contributed by atoms with E-state index in [9.17, 15) is 0 Å². The maximum absolute atomic E-state index is 6.05. The zero-order valence-corrected chi connectivity index (χ0v) is 17.2. The molecule has 0 spiro atoms. The fourth-order valence-corrected chi connectivity index (χ4v) is 3.60. The molecule has 1 aromatic carbocycles. The molecule has 5 nitrogen and oxygen atoms in total. The van der Waals surface area contributed by atoms with Crippen molar-refractivity contribution in [1.29, 1.82) is 0 Å². The van der Waals surface area contributed by atoms with Crippen LogP contribution in [0.1, 0.15) is 12.5 Å². The fourth-order valence-electron chi connectivity index (χ4n) is 3.60. The Morgan fingerprint density at radius 3 is 2.67 bits per heavy atom. The summed E-state index contributed by atoms with van der Waals surface area (Å²) in [7, 11) is 4.14. The second-order valence-electron chi connectivity index (χ2n) is 6.51. The van der Waals surface area contributed by atoms with Crippen LogP contribution in [0, 0.1) is 0 Å². The van der Waals surface area contributed by atoms with Crippen LogP contribution in [0.4, 0.5) is 0 Å². The molecule has 2 heterocycles. The first kappa shape index (κ1) is 19.5. The Morgan fingerprint density at radius 1 is 1.25 bits per heavy atom. The van der Waals surface area contributed by atoms with E-state index in [1.54, 1.807) is 0 Å². The van der Waals surface area contributed by atoms with Crippen molar-refractivity contribution < 1.29 is 4.74 Å². The number of nitrogens with zero attached hydrogens (tertiary/aromatic N) is 4. The highest BCUT2D eigenvalue weighted by Gasteiger charge is 2.41. The molecule has 0 N–H and O–H groups in total. The smallest absolute Gasteiger partial charge is 0.196 e. The van der Waals surface area contributed by atoms with Gasteiger partial charge < -0.3 is 14.5 Å². The van der Waals surface area contributed by atoms with E-state index in [0.717, 1.165) is 45.3 Å². The maximum atomic E-state index is 6.05. The largest absolute Gasteiger partial charge is 0.373 e. The van der Waals surface area contributed by atoms with Crippen molar-refractivity contribution in [1.82, 2.24) is 14.7 Å². The number of guanidine groups is 1. The van der Waals surface area contributed by atoms with Gasteiger partial charge in [0.2, 0.25) is 0 Å². The van der Waals surface area contributed by atoms with Crippen LogP contribution >= 0.6 is 24.0 Å². The van der Waals surface area contributed by atoms with Gasteiger partial charge >= 0.3 is 0 Å². The molecule has 0 amide bonds. The molecule has 2 aliphatic heterocycles. The highest BCUT2D eigenvalue weighted by Crippen LogP contribution is 2.25. The lowest BCUT2D eigenvalue weighted by Gasteiger charge is -2.36. The average Bonchev–Trinajstić information content (AvgIpc) is 2.98. The molecule has 0 aromatic heterocycles. The zero-order valence-electron chi connectivity index (χ0n) is 14.9. The molecule has 0 radical (unpaired) electrons. The van der Waals surface area contributed by atoms with Crippen LogP contribution < -0.4 is 0 Å². The summed E-state index contributed by atoms with van der Waals surface area (Å²) in [6.07, 6.45) is 0.287. The van der Waals surface area contributed by atoms with Gasteiger partial charge in [0.25, 0.3) is 0 Å². The third-order valence-electron chi connectivity index (χ3n) is 4.63. The van der Waals surface area contributed by atoms with Crippen molar-refractivity contribution in [3.05, 3.63) is 35.9 Å². The molecule has 134 valence electrons. The molecule has 2 fully saturated rings. The minimum Gasteiger partial charge on any atom is -0.373 e. The number of halogens is 1. The predicted molar refractivity (Wildman–Crippen MR) is 109 cm³/mol. The lowest BCUT2D eigenvalue weighted by atomic mass is 10.1. The molecule has 6 heteroatoms. The quantitative estimate of drug-likeness (QED) is 0.406. The van der Waals surface area contributed by atoms with E-state index in [1.807, 2.05) is 0 Å². The van der Waals surface area contributed by atoms with Crippen molar-refractivity contribution in [2.24, 2.45) is 4.99 Å². The first-order chi connectivity index (χ1) is 11.2. The van der Waals surface area contributed by atoms with Crippen molar-refractivity contribution in [2.75, 3.05) is 46.9 Å². The average molecular weight is 444 g/mol. The Balaban J connectivity index is 0.00000208. The van der Waals surface area contributed by atoms with E-state index in [4.69, 9.17) is 4.74 Å². The Morgan fingerprint density at radius 2 is 2.00 bits per heavy atom. The molecule has 2 unspecified atom stereocenters. The molecule has 0 bridgehead atoms. The van der Waals surface area contributed by atoms with Gasteiger partial charge in [-0.25, -0.2) is 0 Å². The van der Waals surface area contributed by atoms with Crippen LogP contribution in [0.25, 0.3) is 0 Å². The highest BCUT2D eigenvalue weighted by atomic mass is 127. The van der Waals surface area contributed by atoms with Gasteiger partial charge in [-0.05, 0) is 12.5 Å². The normalized spacial score (nSPS) is 24.5. The minimum absolute atomic E-state index is 0. The zero-order chi connectivity index (χ0) is 16.2. The second-order valence-corrected chi connectivity index (χ2v) is 6.51. The molecule has 0 saturated carbocycles. The molecule has 2 saturated heterocycles. The summed E-state index contributed by atoms with van der Waals surface area (Å²) in [4.78, 5) is 11.7. The van der Waals surface area contributed by atoms with Gasteiger partial charge in [0.05, 0.1) is 18.8 Å². The molecule has 2 atom stereocenters. The van der Waals surface area contributed by atoms with Gasteiger partial charge in [-0.1, -0.05) is 30.3 Å². The summed E-state index contributed by atoms with van der Waals surface area (Å²) < 4.78 is 6.05. The number of hydrogen-bond donors (Lipinski definition) is 0. The number of morpholine rings is 1. The van der Waals surface area contributed by atoms with Gasteiger partial charge in [0.1, 0.15) is 0 Å². The van der Waals surface area contributed by atoms with E-state index in [2.05, 4.69) is 71.0 Å². The van der Waals surface area contributed by atoms with E-state index < -0.39 is 0 Å². The number of rotatable bonds is 3. The minimum atomic E-state index is 0. The Bertz CT molecular complexity index is 537. The number of ether oxygens (including phenoxy) is 1. The lowest BCUT2D eigenvalue weighted by Crippen LogP contribution is -2.50. The molecule has 24 heavy (non-hydrogen) atoms. The molecular formula is C18H29IN4O. The van der Waals surface area contributed by atoms with Crippen LogP contribution in [0.15, 0.2) is 35.3 Å². The SMILES string of the molecule is CCN=C(N(C)C)N1CC2OCCN(Cc3ccccc3)C2C1.I. The Hall–Kier alpha value is -0.860. The fraction of sp³-hybridized carbons (Fsp3) is 0.611. The van der Waals surface area contributed by atoms with E-state index in [-0.39, 0.29) is 30.1 Å². The molecule has 0 aliphatic carbocycles. The van der Waals surface area contributed by atoms with Gasteiger partial charge in [-0.15, -0.1) is 24.0 Å². The molecular weight excluding hydrogens is 415 g/mol. The van der Waals surface area contributed by atoms with Crippen LogP contribution in [0.3, 0.4) is 0 Å².